The molecule has 1 rings (SSSR count). The lowest BCUT2D eigenvalue weighted by Gasteiger charge is -2.18. The summed E-state index contributed by atoms with van der Waals surface area (Å²) in [5, 5.41) is 9.06. The van der Waals surface area contributed by atoms with Crippen molar-refractivity contribution in [1.29, 1.82) is 0 Å². The fourth-order valence-electron chi connectivity index (χ4n) is 0.818. The number of aliphatic hydroxyl groups excluding tert-OH is 1. The van der Waals surface area contributed by atoms with Crippen molar-refractivity contribution in [3.8, 4) is 0 Å². The molecule has 8 heteroatoms. The molecule has 0 bridgehead atoms. The van der Waals surface area contributed by atoms with Crippen LogP contribution in [0.2, 0.25) is 0 Å². The van der Waals surface area contributed by atoms with Gasteiger partial charge in [-0.2, -0.15) is 8.78 Å². The lowest BCUT2D eigenvalue weighted by atomic mass is 10.4. The second kappa shape index (κ2) is 5.76. The van der Waals surface area contributed by atoms with Gasteiger partial charge in [0.1, 0.15) is 12.2 Å². The predicted octanol–water partition coefficient (Wildman–Crippen LogP) is 0.637. The van der Waals surface area contributed by atoms with E-state index in [0.717, 1.165) is 0 Å². The highest BCUT2D eigenvalue weighted by Crippen LogP contribution is 2.24. The average molecular weight is 248 g/mol. The summed E-state index contributed by atoms with van der Waals surface area (Å²) in [6.07, 6.45) is -9.85. The van der Waals surface area contributed by atoms with Gasteiger partial charge in [0, 0.05) is 0 Å². The van der Waals surface area contributed by atoms with Crippen LogP contribution in [0, 0.1) is 0 Å². The Kier molecular flexibility index (Phi) is 4.90. The number of epoxide rings is 1. The maximum Gasteiger partial charge on any atom is 0.416 e. The second-order valence-corrected chi connectivity index (χ2v) is 3.32. The van der Waals surface area contributed by atoms with Crippen molar-refractivity contribution in [2.45, 2.75) is 24.7 Å². The molecule has 2 unspecified atom stereocenters. The molecule has 0 amide bonds. The van der Waals surface area contributed by atoms with Crippen LogP contribution in [0.3, 0.4) is 0 Å². The van der Waals surface area contributed by atoms with Gasteiger partial charge in [-0.15, -0.1) is 0 Å². The van der Waals surface area contributed by atoms with Gasteiger partial charge in [-0.3, -0.25) is 0 Å². The van der Waals surface area contributed by atoms with Gasteiger partial charge in [0.2, 0.25) is 0 Å². The number of aliphatic hydroxyl groups is 1. The standard InChI is InChI=1S/C8H12F4O4/c9-7(10)8(11,12)16-2-5(13)1-14-3-6-4-15-6/h5-7,13H,1-4H2. The maximum atomic E-state index is 12.2. The monoisotopic (exact) mass is 248 g/mol. The largest absolute Gasteiger partial charge is 0.416 e. The number of ether oxygens (including phenoxy) is 3. The lowest BCUT2D eigenvalue weighted by molar-refractivity contribution is -0.307. The predicted molar refractivity (Wildman–Crippen MR) is 43.5 cm³/mol. The van der Waals surface area contributed by atoms with Crippen LogP contribution in [-0.4, -0.2) is 56.3 Å². The van der Waals surface area contributed by atoms with Crippen molar-refractivity contribution in [1.82, 2.24) is 0 Å². The molecule has 1 N–H and O–H groups in total. The third-order valence-corrected chi connectivity index (χ3v) is 1.74. The molecule has 1 aliphatic rings. The minimum atomic E-state index is -4.54. The van der Waals surface area contributed by atoms with Crippen LogP contribution >= 0.6 is 0 Å². The van der Waals surface area contributed by atoms with Crippen LogP contribution in [-0.2, 0) is 14.2 Å². The summed E-state index contributed by atoms with van der Waals surface area (Å²) in [4.78, 5) is 0. The molecule has 0 aromatic heterocycles. The van der Waals surface area contributed by atoms with Gasteiger partial charge in [0.05, 0.1) is 26.4 Å². The highest BCUT2D eigenvalue weighted by atomic mass is 19.3. The Balaban J connectivity index is 2.05. The molecule has 1 fully saturated rings. The summed E-state index contributed by atoms with van der Waals surface area (Å²) in [5.41, 5.74) is 0. The highest BCUT2D eigenvalue weighted by molar-refractivity contribution is 4.68. The van der Waals surface area contributed by atoms with Gasteiger partial charge in [-0.25, -0.2) is 8.78 Å². The Morgan fingerprint density at radius 1 is 1.38 bits per heavy atom. The fraction of sp³-hybridized carbons (Fsp3) is 1.00. The lowest BCUT2D eigenvalue weighted by Crippen LogP contribution is -2.35. The number of hydrogen-bond acceptors (Lipinski definition) is 4. The van der Waals surface area contributed by atoms with E-state index >= 15 is 0 Å². The second-order valence-electron chi connectivity index (χ2n) is 3.32. The number of rotatable bonds is 8. The minimum absolute atomic E-state index is 0.0179. The van der Waals surface area contributed by atoms with E-state index in [2.05, 4.69) is 4.74 Å². The van der Waals surface area contributed by atoms with Crippen LogP contribution in [0.15, 0.2) is 0 Å². The van der Waals surface area contributed by atoms with Crippen LogP contribution in [0.4, 0.5) is 17.6 Å². The molecule has 1 aliphatic heterocycles. The van der Waals surface area contributed by atoms with Crippen molar-refractivity contribution < 1.29 is 36.9 Å². The Morgan fingerprint density at radius 3 is 2.50 bits per heavy atom. The van der Waals surface area contributed by atoms with Crippen molar-refractivity contribution in [2.75, 3.05) is 26.4 Å². The van der Waals surface area contributed by atoms with Crippen molar-refractivity contribution >= 4 is 0 Å². The molecular weight excluding hydrogens is 236 g/mol. The highest BCUT2D eigenvalue weighted by Gasteiger charge is 2.42. The van der Waals surface area contributed by atoms with E-state index in [4.69, 9.17) is 14.6 Å². The van der Waals surface area contributed by atoms with Gasteiger partial charge in [-0.05, 0) is 0 Å². The molecular formula is C8H12F4O4. The SMILES string of the molecule is OC(COCC1CO1)COC(F)(F)C(F)F. The Morgan fingerprint density at radius 2 is 2.00 bits per heavy atom. The molecule has 16 heavy (non-hydrogen) atoms. The summed E-state index contributed by atoms with van der Waals surface area (Å²) in [7, 11) is 0. The summed E-state index contributed by atoms with van der Waals surface area (Å²) in [5.74, 6) is 0. The van der Waals surface area contributed by atoms with Crippen LogP contribution in [0.1, 0.15) is 0 Å². The maximum absolute atomic E-state index is 12.2. The summed E-state index contributed by atoms with van der Waals surface area (Å²) in [6, 6.07) is 0. The molecule has 0 aliphatic carbocycles. The van der Waals surface area contributed by atoms with E-state index < -0.39 is 25.2 Å². The molecule has 0 aromatic rings. The van der Waals surface area contributed by atoms with E-state index in [1.165, 1.54) is 0 Å². The van der Waals surface area contributed by atoms with Gasteiger partial charge < -0.3 is 19.3 Å². The molecule has 0 aromatic carbocycles. The van der Waals surface area contributed by atoms with Gasteiger partial charge in [0.15, 0.2) is 0 Å². The van der Waals surface area contributed by atoms with Crippen molar-refractivity contribution in [2.24, 2.45) is 0 Å². The number of alkyl halides is 4. The minimum Gasteiger partial charge on any atom is -0.388 e. The molecule has 1 saturated heterocycles. The normalized spacial score (nSPS) is 22.5. The third kappa shape index (κ3) is 5.06. The first kappa shape index (κ1) is 13.6. The summed E-state index contributed by atoms with van der Waals surface area (Å²) < 4.78 is 60.9. The average Bonchev–Trinajstić information content (AvgIpc) is 2.98. The topological polar surface area (TPSA) is 51.2 Å². The Bertz CT molecular complexity index is 210. The zero-order chi connectivity index (χ0) is 12.2. The molecule has 0 saturated carbocycles. The summed E-state index contributed by atoms with van der Waals surface area (Å²) in [6.45, 7) is -0.375. The molecule has 0 spiro atoms. The van der Waals surface area contributed by atoms with E-state index in [-0.39, 0.29) is 19.3 Å². The Labute approximate surface area is 89.1 Å². The first-order valence-corrected chi connectivity index (χ1v) is 4.59. The van der Waals surface area contributed by atoms with Crippen molar-refractivity contribution in [3.05, 3.63) is 0 Å². The fourth-order valence-corrected chi connectivity index (χ4v) is 0.818. The molecule has 4 nitrogen and oxygen atoms in total. The molecule has 1 heterocycles. The zero-order valence-corrected chi connectivity index (χ0v) is 8.24. The third-order valence-electron chi connectivity index (χ3n) is 1.74. The Hall–Kier alpha value is -0.440. The zero-order valence-electron chi connectivity index (χ0n) is 8.24. The molecule has 0 radical (unpaired) electrons. The van der Waals surface area contributed by atoms with Gasteiger partial charge >= 0.3 is 12.5 Å². The molecule has 96 valence electrons. The molecule has 2 atom stereocenters. The van der Waals surface area contributed by atoms with Crippen LogP contribution in [0.25, 0.3) is 0 Å². The summed E-state index contributed by atoms with van der Waals surface area (Å²) >= 11 is 0. The number of halogens is 4. The van der Waals surface area contributed by atoms with Gasteiger partial charge in [-0.1, -0.05) is 0 Å². The van der Waals surface area contributed by atoms with Crippen LogP contribution in [0.5, 0.6) is 0 Å². The van der Waals surface area contributed by atoms with Gasteiger partial charge in [0.25, 0.3) is 0 Å². The quantitative estimate of drug-likeness (QED) is 0.506. The van der Waals surface area contributed by atoms with E-state index in [0.29, 0.717) is 6.61 Å². The van der Waals surface area contributed by atoms with Crippen molar-refractivity contribution in [3.63, 3.8) is 0 Å². The smallest absolute Gasteiger partial charge is 0.388 e. The first-order valence-electron chi connectivity index (χ1n) is 4.59. The van der Waals surface area contributed by atoms with Crippen LogP contribution < -0.4 is 0 Å². The first-order chi connectivity index (χ1) is 7.42. The van der Waals surface area contributed by atoms with E-state index in [1.807, 2.05) is 0 Å². The van der Waals surface area contributed by atoms with E-state index in [1.54, 1.807) is 0 Å². The van der Waals surface area contributed by atoms with E-state index in [9.17, 15) is 17.6 Å². The number of hydrogen-bond donors (Lipinski definition) is 1.